The summed E-state index contributed by atoms with van der Waals surface area (Å²) in [5.74, 6) is 0.215. The molecule has 1 aliphatic rings. The van der Waals surface area contributed by atoms with Crippen molar-refractivity contribution in [2.45, 2.75) is 49.4 Å². The van der Waals surface area contributed by atoms with Crippen LogP contribution in [0, 0.1) is 11.3 Å². The summed E-state index contributed by atoms with van der Waals surface area (Å²) in [4.78, 5) is 7.65. The minimum Gasteiger partial charge on any atom is -0.393 e. The van der Waals surface area contributed by atoms with Crippen LogP contribution in [0.2, 0.25) is 0 Å². The van der Waals surface area contributed by atoms with Gasteiger partial charge < -0.3 is 10.4 Å². The smallest absolute Gasteiger partial charge is 0.248 e. The number of nitrogens with one attached hydrogen (secondary N) is 1. The number of hydrogen-bond donors (Lipinski definition) is 2. The third-order valence-electron chi connectivity index (χ3n) is 3.46. The molecular formula is C13H18N4O3S. The number of sulfone groups is 1. The molecule has 1 aliphatic carbocycles. The Hall–Kier alpha value is -1.72. The molecule has 0 unspecified atom stereocenters. The number of aromatic nitrogens is 2. The van der Waals surface area contributed by atoms with Crippen LogP contribution in [-0.4, -0.2) is 41.9 Å². The predicted octanol–water partition coefficient (Wildman–Crippen LogP) is 0.857. The zero-order chi connectivity index (χ0) is 15.5. The lowest BCUT2D eigenvalue weighted by atomic mass is 10.1. The molecule has 0 aliphatic heterocycles. The standard InChI is InChI=1S/C13H18N4O3S/c1-21(19,20)13-15-8-9(7-14)12(17-13)16-10-4-2-3-5-11(18)6-10/h8,10-11,18H,2-6H2,1H3,(H,15,16,17)/t10-,11+/m1/s1. The molecular weight excluding hydrogens is 292 g/mol. The van der Waals surface area contributed by atoms with E-state index in [-0.39, 0.29) is 28.7 Å². The molecule has 1 fully saturated rings. The molecule has 21 heavy (non-hydrogen) atoms. The monoisotopic (exact) mass is 310 g/mol. The van der Waals surface area contributed by atoms with Crippen LogP contribution in [0.4, 0.5) is 5.82 Å². The molecule has 2 atom stereocenters. The van der Waals surface area contributed by atoms with Crippen LogP contribution in [0.15, 0.2) is 11.4 Å². The van der Waals surface area contributed by atoms with Gasteiger partial charge in [-0.15, -0.1) is 0 Å². The van der Waals surface area contributed by atoms with Gasteiger partial charge in [0.25, 0.3) is 0 Å². The van der Waals surface area contributed by atoms with Crippen molar-refractivity contribution >= 4 is 15.7 Å². The third-order valence-corrected chi connectivity index (χ3v) is 4.32. The van der Waals surface area contributed by atoms with Crippen molar-refractivity contribution in [1.29, 1.82) is 5.26 Å². The second kappa shape index (κ2) is 6.37. The SMILES string of the molecule is CS(=O)(=O)c1ncc(C#N)c(N[C@@H]2CCCC[C@H](O)C2)n1. The minimum absolute atomic E-state index is 0.0306. The maximum absolute atomic E-state index is 11.5. The molecule has 2 rings (SSSR count). The van der Waals surface area contributed by atoms with Crippen molar-refractivity contribution in [2.24, 2.45) is 0 Å². The van der Waals surface area contributed by atoms with E-state index in [9.17, 15) is 13.5 Å². The molecule has 2 N–H and O–H groups in total. The van der Waals surface area contributed by atoms with Crippen molar-refractivity contribution in [3.05, 3.63) is 11.8 Å². The second-order valence-corrected chi connectivity index (χ2v) is 7.22. The van der Waals surface area contributed by atoms with E-state index in [1.807, 2.05) is 6.07 Å². The molecule has 7 nitrogen and oxygen atoms in total. The maximum Gasteiger partial charge on any atom is 0.248 e. The molecule has 1 saturated carbocycles. The predicted molar refractivity (Wildman–Crippen MR) is 76.4 cm³/mol. The molecule has 0 amide bonds. The van der Waals surface area contributed by atoms with Crippen LogP contribution < -0.4 is 5.32 Å². The summed E-state index contributed by atoms with van der Waals surface area (Å²) < 4.78 is 23.0. The van der Waals surface area contributed by atoms with Crippen LogP contribution in [-0.2, 0) is 9.84 Å². The lowest BCUT2D eigenvalue weighted by Crippen LogP contribution is -2.25. The number of aliphatic hydroxyl groups excluding tert-OH is 1. The Morgan fingerprint density at radius 3 is 2.81 bits per heavy atom. The van der Waals surface area contributed by atoms with E-state index in [0.717, 1.165) is 31.9 Å². The Kier molecular flexibility index (Phi) is 4.75. The van der Waals surface area contributed by atoms with Crippen molar-refractivity contribution in [2.75, 3.05) is 11.6 Å². The van der Waals surface area contributed by atoms with Crippen LogP contribution in [0.25, 0.3) is 0 Å². The Morgan fingerprint density at radius 1 is 1.43 bits per heavy atom. The molecule has 0 bridgehead atoms. The molecule has 114 valence electrons. The van der Waals surface area contributed by atoms with Gasteiger partial charge in [-0.1, -0.05) is 12.8 Å². The van der Waals surface area contributed by atoms with Crippen molar-refractivity contribution in [1.82, 2.24) is 9.97 Å². The van der Waals surface area contributed by atoms with Gasteiger partial charge in [-0.05, 0) is 19.3 Å². The summed E-state index contributed by atoms with van der Waals surface area (Å²) in [5.41, 5.74) is 0.195. The highest BCUT2D eigenvalue weighted by atomic mass is 32.2. The fourth-order valence-electron chi connectivity index (χ4n) is 2.40. The van der Waals surface area contributed by atoms with Gasteiger partial charge in [0.1, 0.15) is 17.5 Å². The van der Waals surface area contributed by atoms with E-state index in [1.54, 1.807) is 0 Å². The molecule has 0 radical (unpaired) electrons. The first kappa shape index (κ1) is 15.7. The van der Waals surface area contributed by atoms with Crippen molar-refractivity contribution in [3.8, 4) is 6.07 Å². The highest BCUT2D eigenvalue weighted by Gasteiger charge is 2.21. The van der Waals surface area contributed by atoms with E-state index >= 15 is 0 Å². The second-order valence-electron chi connectivity index (χ2n) is 5.31. The van der Waals surface area contributed by atoms with Crippen LogP contribution in [0.5, 0.6) is 0 Å². The number of nitrogens with zero attached hydrogens (tertiary/aromatic N) is 3. The van der Waals surface area contributed by atoms with Gasteiger partial charge in [-0.3, -0.25) is 0 Å². The summed E-state index contributed by atoms with van der Waals surface area (Å²) >= 11 is 0. The largest absolute Gasteiger partial charge is 0.393 e. The topological polar surface area (TPSA) is 116 Å². The average Bonchev–Trinajstić information content (AvgIpc) is 2.62. The van der Waals surface area contributed by atoms with Crippen LogP contribution >= 0.6 is 0 Å². The van der Waals surface area contributed by atoms with Crippen LogP contribution in [0.1, 0.15) is 37.7 Å². The first-order chi connectivity index (χ1) is 9.90. The Morgan fingerprint density at radius 2 is 2.14 bits per heavy atom. The molecule has 8 heteroatoms. The fraction of sp³-hybridized carbons (Fsp3) is 0.615. The molecule has 1 aromatic rings. The highest BCUT2D eigenvalue weighted by Crippen LogP contribution is 2.22. The number of nitriles is 1. The Bertz CT molecular complexity index is 654. The molecule has 1 aromatic heterocycles. The van der Waals surface area contributed by atoms with E-state index in [0.29, 0.717) is 6.42 Å². The van der Waals surface area contributed by atoms with Gasteiger partial charge in [-0.2, -0.15) is 10.2 Å². The summed E-state index contributed by atoms with van der Waals surface area (Å²) in [6.07, 6.45) is 5.95. The first-order valence-electron chi connectivity index (χ1n) is 6.82. The van der Waals surface area contributed by atoms with Gasteiger partial charge in [0, 0.05) is 12.3 Å². The van der Waals surface area contributed by atoms with Gasteiger partial charge in [-0.25, -0.2) is 13.4 Å². The van der Waals surface area contributed by atoms with E-state index in [1.165, 1.54) is 6.20 Å². The van der Waals surface area contributed by atoms with Gasteiger partial charge in [0.15, 0.2) is 0 Å². The lowest BCUT2D eigenvalue weighted by Gasteiger charge is -2.19. The third kappa shape index (κ3) is 4.12. The summed E-state index contributed by atoms with van der Waals surface area (Å²) in [7, 11) is -3.53. The number of anilines is 1. The summed E-state index contributed by atoms with van der Waals surface area (Å²) in [6, 6.07) is 1.92. The lowest BCUT2D eigenvalue weighted by molar-refractivity contribution is 0.154. The number of rotatable bonds is 3. The minimum atomic E-state index is -3.53. The zero-order valence-electron chi connectivity index (χ0n) is 11.8. The normalized spacial score (nSPS) is 23.1. The average molecular weight is 310 g/mol. The Labute approximate surface area is 124 Å². The van der Waals surface area contributed by atoms with E-state index in [2.05, 4.69) is 15.3 Å². The van der Waals surface area contributed by atoms with E-state index < -0.39 is 9.84 Å². The molecule has 0 spiro atoms. The van der Waals surface area contributed by atoms with Crippen molar-refractivity contribution in [3.63, 3.8) is 0 Å². The molecule has 0 saturated heterocycles. The molecule has 0 aromatic carbocycles. The van der Waals surface area contributed by atoms with Gasteiger partial charge in [0.2, 0.25) is 15.0 Å². The Balaban J connectivity index is 2.27. The number of hydrogen-bond acceptors (Lipinski definition) is 7. The van der Waals surface area contributed by atoms with E-state index in [4.69, 9.17) is 5.26 Å². The quantitative estimate of drug-likeness (QED) is 0.628. The zero-order valence-corrected chi connectivity index (χ0v) is 12.6. The van der Waals surface area contributed by atoms with Crippen molar-refractivity contribution < 1.29 is 13.5 Å². The van der Waals surface area contributed by atoms with Crippen LogP contribution in [0.3, 0.4) is 0 Å². The van der Waals surface area contributed by atoms with Gasteiger partial charge in [0.05, 0.1) is 12.3 Å². The fourth-order valence-corrected chi connectivity index (χ4v) is 2.90. The maximum atomic E-state index is 11.5. The first-order valence-corrected chi connectivity index (χ1v) is 8.71. The summed E-state index contributed by atoms with van der Waals surface area (Å²) in [5, 5.41) is 21.7. The summed E-state index contributed by atoms with van der Waals surface area (Å²) in [6.45, 7) is 0. The van der Waals surface area contributed by atoms with Gasteiger partial charge >= 0.3 is 0 Å². The molecule has 1 heterocycles. The number of aliphatic hydroxyl groups is 1. The highest BCUT2D eigenvalue weighted by molar-refractivity contribution is 7.90.